The molecule has 5 nitrogen and oxygen atoms in total. The molecular weight excluding hydrogens is 417 g/mol. The van der Waals surface area contributed by atoms with Crippen LogP contribution in [0.2, 0.25) is 0 Å². The number of benzene rings is 1. The summed E-state index contributed by atoms with van der Waals surface area (Å²) >= 11 is 0. The number of likely N-dealkylation sites (tertiary alicyclic amines) is 1. The van der Waals surface area contributed by atoms with Crippen LogP contribution >= 0.6 is 9.24 Å². The number of aromatic nitrogens is 3. The van der Waals surface area contributed by atoms with E-state index in [0.29, 0.717) is 17.3 Å². The Bertz CT molecular complexity index is 1320. The molecular formula is C23H21F2N4OP. The molecule has 4 heterocycles. The zero-order valence-electron chi connectivity index (χ0n) is 16.9. The number of fused-ring (bicyclic) bond motifs is 1. The molecule has 3 aromatic heterocycles. The first kappa shape index (κ1) is 20.0. The van der Waals surface area contributed by atoms with Gasteiger partial charge in [0.05, 0.1) is 11.7 Å². The Morgan fingerprint density at radius 2 is 1.87 bits per heavy atom. The molecule has 1 aliphatic rings. The highest BCUT2D eigenvalue weighted by atomic mass is 31.0. The maximum absolute atomic E-state index is 13.4. The Kier molecular flexibility index (Phi) is 4.76. The predicted octanol–water partition coefficient (Wildman–Crippen LogP) is 4.27. The van der Waals surface area contributed by atoms with Gasteiger partial charge in [0.2, 0.25) is 0 Å². The largest absolute Gasteiger partial charge is 0.342 e. The summed E-state index contributed by atoms with van der Waals surface area (Å²) in [6.45, 7) is 2.08. The Morgan fingerprint density at radius 1 is 1.06 bits per heavy atom. The number of alkyl halides is 2. The molecule has 0 aliphatic carbocycles. The number of hydrogen-bond acceptors (Lipinski definition) is 3. The smallest absolute Gasteiger partial charge is 0.285 e. The zero-order valence-corrected chi connectivity index (χ0v) is 18.0. The first-order valence-electron chi connectivity index (χ1n) is 9.95. The minimum atomic E-state index is -3.03. The SMILES string of the molecule is CN1CC(n2ccc3cc(-n4ccc(-c5ccc(C(F)(F)P)cn5)cc4=O)ccc32)C1. The number of halogens is 2. The molecule has 1 atom stereocenters. The Balaban J connectivity index is 1.45. The number of hydrogen-bond donors (Lipinski definition) is 0. The average molecular weight is 438 g/mol. The summed E-state index contributed by atoms with van der Waals surface area (Å²) in [7, 11) is 3.60. The van der Waals surface area contributed by atoms with Gasteiger partial charge in [-0.15, -0.1) is 0 Å². The van der Waals surface area contributed by atoms with Crippen molar-refractivity contribution in [1.82, 2.24) is 19.0 Å². The molecule has 1 aromatic carbocycles. The second-order valence-corrected chi connectivity index (χ2v) is 8.75. The van der Waals surface area contributed by atoms with Crippen molar-refractivity contribution in [2.75, 3.05) is 20.1 Å². The van der Waals surface area contributed by atoms with E-state index < -0.39 is 5.66 Å². The van der Waals surface area contributed by atoms with Gasteiger partial charge in [-0.05, 0) is 49.5 Å². The molecule has 0 saturated carbocycles. The molecule has 0 spiro atoms. The van der Waals surface area contributed by atoms with Crippen molar-refractivity contribution in [2.24, 2.45) is 0 Å². The number of nitrogens with zero attached hydrogens (tertiary/aromatic N) is 4. The van der Waals surface area contributed by atoms with Crippen molar-refractivity contribution < 1.29 is 8.78 Å². The normalized spacial score (nSPS) is 15.4. The molecule has 1 fully saturated rings. The van der Waals surface area contributed by atoms with E-state index in [1.165, 1.54) is 27.4 Å². The minimum Gasteiger partial charge on any atom is -0.342 e. The minimum absolute atomic E-state index is 0.191. The summed E-state index contributed by atoms with van der Waals surface area (Å²) in [6.07, 6.45) is 4.93. The highest BCUT2D eigenvalue weighted by molar-refractivity contribution is 7.17. The summed E-state index contributed by atoms with van der Waals surface area (Å²) < 4.78 is 30.6. The van der Waals surface area contributed by atoms with Gasteiger partial charge < -0.3 is 9.47 Å². The van der Waals surface area contributed by atoms with Crippen LogP contribution in [0, 0.1) is 0 Å². The molecule has 1 unspecified atom stereocenters. The summed E-state index contributed by atoms with van der Waals surface area (Å²) in [5.74, 6) is 0. The summed E-state index contributed by atoms with van der Waals surface area (Å²) in [5, 5.41) is 1.08. The average Bonchev–Trinajstić information content (AvgIpc) is 3.13. The second-order valence-electron chi connectivity index (χ2n) is 8.02. The van der Waals surface area contributed by atoms with Gasteiger partial charge in [-0.25, -0.2) is 0 Å². The third-order valence-electron chi connectivity index (χ3n) is 5.78. The Morgan fingerprint density at radius 3 is 2.52 bits per heavy atom. The molecule has 1 aliphatic heterocycles. The fourth-order valence-corrected chi connectivity index (χ4v) is 4.25. The maximum Gasteiger partial charge on any atom is 0.285 e. The lowest BCUT2D eigenvalue weighted by atomic mass is 10.1. The zero-order chi connectivity index (χ0) is 21.8. The van der Waals surface area contributed by atoms with Crippen molar-refractivity contribution >= 4 is 20.1 Å². The fraction of sp³-hybridized carbons (Fsp3) is 0.217. The second kappa shape index (κ2) is 7.36. The molecule has 4 aromatic rings. The lowest BCUT2D eigenvalue weighted by Gasteiger charge is -2.37. The van der Waals surface area contributed by atoms with Crippen LogP contribution in [0.5, 0.6) is 0 Å². The first-order chi connectivity index (χ1) is 14.8. The first-order valence-corrected chi connectivity index (χ1v) is 10.5. The van der Waals surface area contributed by atoms with Gasteiger partial charge in [0.25, 0.3) is 11.2 Å². The van der Waals surface area contributed by atoms with Gasteiger partial charge in [-0.3, -0.25) is 14.3 Å². The van der Waals surface area contributed by atoms with Gasteiger partial charge in [0.15, 0.2) is 0 Å². The highest BCUT2D eigenvalue weighted by Crippen LogP contribution is 2.34. The van der Waals surface area contributed by atoms with E-state index in [4.69, 9.17) is 0 Å². The molecule has 0 amide bonds. The molecule has 5 rings (SSSR count). The van der Waals surface area contributed by atoms with E-state index in [9.17, 15) is 13.6 Å². The summed E-state index contributed by atoms with van der Waals surface area (Å²) in [5.41, 5.74) is -0.440. The standard InChI is InChI=1S/C23H21F2N4OP/c1-27-13-19(14-27)28-8-7-16-10-18(3-5-21(16)28)29-9-6-15(11-22(29)30)20-4-2-17(12-26-20)23(24,25)31/h2-12,19H,13-14,31H2,1H3. The summed E-state index contributed by atoms with van der Waals surface area (Å²) in [4.78, 5) is 19.2. The Labute approximate surface area is 180 Å². The quantitative estimate of drug-likeness (QED) is 0.447. The molecule has 0 radical (unpaired) electrons. The van der Waals surface area contributed by atoms with Crippen LogP contribution in [-0.2, 0) is 5.66 Å². The molecule has 0 N–H and O–H groups in total. The van der Waals surface area contributed by atoms with E-state index in [1.807, 2.05) is 18.2 Å². The third-order valence-corrected chi connectivity index (χ3v) is 6.12. The van der Waals surface area contributed by atoms with Crippen molar-refractivity contribution in [1.29, 1.82) is 0 Å². The van der Waals surface area contributed by atoms with Gasteiger partial charge in [-0.2, -0.15) is 8.78 Å². The van der Waals surface area contributed by atoms with Crippen molar-refractivity contribution in [3.63, 3.8) is 0 Å². The summed E-state index contributed by atoms with van der Waals surface area (Å²) in [6, 6.07) is 14.6. The van der Waals surface area contributed by atoms with Crippen LogP contribution in [-0.4, -0.2) is 39.2 Å². The van der Waals surface area contributed by atoms with Gasteiger partial charge >= 0.3 is 0 Å². The molecule has 158 valence electrons. The van der Waals surface area contributed by atoms with E-state index >= 15 is 0 Å². The lowest BCUT2D eigenvalue weighted by Crippen LogP contribution is -2.44. The van der Waals surface area contributed by atoms with Crippen LogP contribution in [0.15, 0.2) is 71.9 Å². The number of pyridine rings is 2. The number of rotatable bonds is 4. The van der Waals surface area contributed by atoms with Crippen LogP contribution in [0.1, 0.15) is 11.6 Å². The third kappa shape index (κ3) is 3.68. The highest BCUT2D eigenvalue weighted by Gasteiger charge is 2.26. The molecule has 8 heteroatoms. The van der Waals surface area contributed by atoms with E-state index in [0.717, 1.165) is 35.9 Å². The predicted molar refractivity (Wildman–Crippen MR) is 121 cm³/mol. The monoisotopic (exact) mass is 438 g/mol. The van der Waals surface area contributed by atoms with E-state index in [1.54, 1.807) is 16.8 Å². The van der Waals surface area contributed by atoms with Gasteiger partial charge in [0, 0.05) is 65.5 Å². The molecule has 1 saturated heterocycles. The van der Waals surface area contributed by atoms with Gasteiger partial charge in [-0.1, -0.05) is 9.24 Å². The van der Waals surface area contributed by atoms with Crippen LogP contribution in [0.4, 0.5) is 8.78 Å². The molecule has 0 bridgehead atoms. The van der Waals surface area contributed by atoms with Crippen molar-refractivity contribution in [2.45, 2.75) is 11.7 Å². The van der Waals surface area contributed by atoms with Gasteiger partial charge in [0.1, 0.15) is 0 Å². The van der Waals surface area contributed by atoms with Crippen LogP contribution < -0.4 is 5.56 Å². The Hall–Kier alpha value is -2.89. The topological polar surface area (TPSA) is 43.1 Å². The molecule has 31 heavy (non-hydrogen) atoms. The van der Waals surface area contributed by atoms with E-state index in [2.05, 4.69) is 33.8 Å². The van der Waals surface area contributed by atoms with Crippen molar-refractivity contribution in [3.05, 3.63) is 83.0 Å². The van der Waals surface area contributed by atoms with Crippen LogP contribution in [0.3, 0.4) is 0 Å². The lowest BCUT2D eigenvalue weighted by molar-refractivity contribution is 0.103. The maximum atomic E-state index is 13.4. The van der Waals surface area contributed by atoms with E-state index in [-0.39, 0.29) is 11.1 Å². The van der Waals surface area contributed by atoms with Crippen molar-refractivity contribution in [3.8, 4) is 16.9 Å². The fourth-order valence-electron chi connectivity index (χ4n) is 4.08. The number of likely N-dealkylation sites (N-methyl/N-ethyl adjacent to an activating group) is 1. The van der Waals surface area contributed by atoms with Crippen LogP contribution in [0.25, 0.3) is 27.8 Å².